The maximum Gasteiger partial charge on any atom is -0.00262 e. The molecule has 0 bridgehead atoms. The van der Waals surface area contributed by atoms with E-state index in [1.165, 1.54) is 76.5 Å². The summed E-state index contributed by atoms with van der Waals surface area (Å²) in [6, 6.07) is 57.5. The molecular weight excluding hydrogens is 480 g/mol. The van der Waals surface area contributed by atoms with E-state index in [2.05, 4.69) is 158 Å². The third-order valence-electron chi connectivity index (χ3n) is 8.22. The average molecular weight is 507 g/mol. The first kappa shape index (κ1) is 22.8. The van der Waals surface area contributed by atoms with Gasteiger partial charge in [-0.2, -0.15) is 0 Å². The fraction of sp³-hybridized carbons (Fsp3) is 0. The van der Waals surface area contributed by atoms with Gasteiger partial charge in [0.2, 0.25) is 0 Å². The van der Waals surface area contributed by atoms with Gasteiger partial charge in [0.25, 0.3) is 0 Å². The lowest BCUT2D eigenvalue weighted by Crippen LogP contribution is -1.91. The maximum atomic E-state index is 2.37. The fourth-order valence-electron chi connectivity index (χ4n) is 6.40. The van der Waals surface area contributed by atoms with Crippen molar-refractivity contribution in [3.8, 4) is 33.4 Å². The second-order valence-corrected chi connectivity index (χ2v) is 10.5. The first-order valence-electron chi connectivity index (χ1n) is 13.9. The Morgan fingerprint density at radius 1 is 0.225 bits per heavy atom. The molecule has 0 aliphatic carbocycles. The van der Waals surface area contributed by atoms with Crippen LogP contribution in [0.15, 0.2) is 158 Å². The summed E-state index contributed by atoms with van der Waals surface area (Å²) in [4.78, 5) is 0. The highest BCUT2D eigenvalue weighted by Gasteiger charge is 2.17. The van der Waals surface area contributed by atoms with Gasteiger partial charge in [0.05, 0.1) is 0 Å². The standard InChI is InChI=1S/C40H26/c1-2-11-27(12-3-1)29-14-10-15-31(25-29)39-35-17-6-8-19-37(35)40(38-20-9-7-18-36(38)39)32-23-24-34-30(26-32)22-21-28-13-4-5-16-33(28)34/h1-26H. The molecule has 8 aromatic rings. The summed E-state index contributed by atoms with van der Waals surface area (Å²) in [6.07, 6.45) is 0. The molecule has 0 heteroatoms. The number of fused-ring (bicyclic) bond motifs is 5. The molecule has 0 amide bonds. The summed E-state index contributed by atoms with van der Waals surface area (Å²) in [7, 11) is 0. The SMILES string of the molecule is c1ccc(-c2cccc(-c3c4ccccc4c(-c4ccc5c(ccc6ccccc65)c4)c4ccccc34)c2)cc1. The highest BCUT2D eigenvalue weighted by Crippen LogP contribution is 2.44. The molecule has 0 aliphatic rings. The van der Waals surface area contributed by atoms with E-state index in [0.29, 0.717) is 0 Å². The lowest BCUT2D eigenvalue weighted by Gasteiger charge is -2.18. The smallest absolute Gasteiger partial charge is 0.00262 e. The van der Waals surface area contributed by atoms with Gasteiger partial charge in [-0.05, 0) is 88.6 Å². The Balaban J connectivity index is 1.42. The third kappa shape index (κ3) is 3.61. The largest absolute Gasteiger partial charge is 0.0622 e. The monoisotopic (exact) mass is 506 g/mol. The molecule has 0 aromatic heterocycles. The zero-order valence-corrected chi connectivity index (χ0v) is 22.0. The number of hydrogen-bond acceptors (Lipinski definition) is 0. The van der Waals surface area contributed by atoms with Crippen molar-refractivity contribution in [2.45, 2.75) is 0 Å². The summed E-state index contributed by atoms with van der Waals surface area (Å²) in [5.41, 5.74) is 7.55. The van der Waals surface area contributed by atoms with E-state index in [1.54, 1.807) is 0 Å². The number of hydrogen-bond donors (Lipinski definition) is 0. The van der Waals surface area contributed by atoms with Gasteiger partial charge in [0.1, 0.15) is 0 Å². The first-order valence-corrected chi connectivity index (χ1v) is 13.9. The molecule has 0 saturated heterocycles. The van der Waals surface area contributed by atoms with Gasteiger partial charge in [-0.15, -0.1) is 0 Å². The van der Waals surface area contributed by atoms with Gasteiger partial charge in [-0.3, -0.25) is 0 Å². The summed E-state index contributed by atoms with van der Waals surface area (Å²) in [5, 5.41) is 10.3. The minimum absolute atomic E-state index is 1.23. The van der Waals surface area contributed by atoms with E-state index in [0.717, 1.165) is 0 Å². The molecule has 0 saturated carbocycles. The van der Waals surface area contributed by atoms with Crippen LogP contribution in [0.1, 0.15) is 0 Å². The van der Waals surface area contributed by atoms with Crippen molar-refractivity contribution in [2.24, 2.45) is 0 Å². The van der Waals surface area contributed by atoms with E-state index in [4.69, 9.17) is 0 Å². The Labute approximate surface area is 233 Å². The lowest BCUT2D eigenvalue weighted by atomic mass is 9.85. The molecule has 8 rings (SSSR count). The molecule has 0 atom stereocenters. The highest BCUT2D eigenvalue weighted by molar-refractivity contribution is 6.22. The van der Waals surface area contributed by atoms with Crippen LogP contribution in [-0.4, -0.2) is 0 Å². The molecule has 0 fully saturated rings. The first-order chi connectivity index (χ1) is 19.8. The van der Waals surface area contributed by atoms with E-state index in [-0.39, 0.29) is 0 Å². The molecular formula is C40H26. The maximum absolute atomic E-state index is 2.37. The van der Waals surface area contributed by atoms with E-state index < -0.39 is 0 Å². The Morgan fingerprint density at radius 3 is 1.38 bits per heavy atom. The van der Waals surface area contributed by atoms with Crippen molar-refractivity contribution in [3.05, 3.63) is 158 Å². The van der Waals surface area contributed by atoms with Crippen LogP contribution in [-0.2, 0) is 0 Å². The topological polar surface area (TPSA) is 0 Å². The number of rotatable bonds is 3. The highest BCUT2D eigenvalue weighted by atomic mass is 14.2. The summed E-state index contributed by atoms with van der Waals surface area (Å²) < 4.78 is 0. The van der Waals surface area contributed by atoms with Gasteiger partial charge in [0.15, 0.2) is 0 Å². The van der Waals surface area contributed by atoms with Gasteiger partial charge >= 0.3 is 0 Å². The molecule has 0 heterocycles. The van der Waals surface area contributed by atoms with E-state index >= 15 is 0 Å². The van der Waals surface area contributed by atoms with Crippen molar-refractivity contribution >= 4 is 43.1 Å². The van der Waals surface area contributed by atoms with Crippen molar-refractivity contribution in [1.82, 2.24) is 0 Å². The quantitative estimate of drug-likeness (QED) is 0.165. The van der Waals surface area contributed by atoms with Crippen LogP contribution in [0.4, 0.5) is 0 Å². The molecule has 0 nitrogen and oxygen atoms in total. The minimum Gasteiger partial charge on any atom is -0.0622 e. The van der Waals surface area contributed by atoms with Crippen LogP contribution < -0.4 is 0 Å². The van der Waals surface area contributed by atoms with Crippen LogP contribution in [0.2, 0.25) is 0 Å². The summed E-state index contributed by atoms with van der Waals surface area (Å²) in [6.45, 7) is 0. The Bertz CT molecular complexity index is 2150. The fourth-order valence-corrected chi connectivity index (χ4v) is 6.40. The van der Waals surface area contributed by atoms with Gasteiger partial charge in [-0.1, -0.05) is 146 Å². The average Bonchev–Trinajstić information content (AvgIpc) is 3.03. The molecule has 0 aliphatic heterocycles. The molecule has 0 spiro atoms. The normalized spacial score (nSPS) is 11.5. The van der Waals surface area contributed by atoms with Crippen LogP contribution >= 0.6 is 0 Å². The van der Waals surface area contributed by atoms with E-state index in [9.17, 15) is 0 Å². The third-order valence-corrected chi connectivity index (χ3v) is 8.22. The van der Waals surface area contributed by atoms with Gasteiger partial charge in [-0.25, -0.2) is 0 Å². The van der Waals surface area contributed by atoms with Crippen LogP contribution in [0.5, 0.6) is 0 Å². The predicted molar refractivity (Wildman–Crippen MR) is 173 cm³/mol. The van der Waals surface area contributed by atoms with Crippen molar-refractivity contribution in [2.75, 3.05) is 0 Å². The molecule has 186 valence electrons. The zero-order chi connectivity index (χ0) is 26.5. The number of benzene rings is 8. The van der Waals surface area contributed by atoms with Crippen LogP contribution in [0.3, 0.4) is 0 Å². The lowest BCUT2D eigenvalue weighted by molar-refractivity contribution is 1.61. The van der Waals surface area contributed by atoms with Gasteiger partial charge < -0.3 is 0 Å². The van der Waals surface area contributed by atoms with Crippen molar-refractivity contribution in [1.29, 1.82) is 0 Å². The van der Waals surface area contributed by atoms with Crippen LogP contribution in [0, 0.1) is 0 Å². The Morgan fingerprint density at radius 2 is 0.700 bits per heavy atom. The van der Waals surface area contributed by atoms with Crippen molar-refractivity contribution < 1.29 is 0 Å². The summed E-state index contributed by atoms with van der Waals surface area (Å²) in [5.74, 6) is 0. The molecule has 8 aromatic carbocycles. The second-order valence-electron chi connectivity index (χ2n) is 10.5. The Hall–Kier alpha value is -5.20. The molecule has 0 unspecified atom stereocenters. The van der Waals surface area contributed by atoms with Crippen LogP contribution in [0.25, 0.3) is 76.5 Å². The molecule has 0 radical (unpaired) electrons. The zero-order valence-electron chi connectivity index (χ0n) is 22.0. The molecule has 0 N–H and O–H groups in total. The van der Waals surface area contributed by atoms with Gasteiger partial charge in [0, 0.05) is 0 Å². The van der Waals surface area contributed by atoms with Crippen molar-refractivity contribution in [3.63, 3.8) is 0 Å². The second kappa shape index (κ2) is 9.22. The summed E-state index contributed by atoms with van der Waals surface area (Å²) >= 11 is 0. The Kier molecular flexibility index (Phi) is 5.24. The minimum atomic E-state index is 1.23. The van der Waals surface area contributed by atoms with E-state index in [1.807, 2.05) is 0 Å². The molecule has 40 heavy (non-hydrogen) atoms. The predicted octanol–water partition coefficient (Wildman–Crippen LogP) is 11.3.